The zero-order chi connectivity index (χ0) is 15.2. The van der Waals surface area contributed by atoms with Gasteiger partial charge in [-0.3, -0.25) is 4.79 Å². The Kier molecular flexibility index (Phi) is 5.12. The number of benzene rings is 2. The maximum absolute atomic E-state index is 11.4. The van der Waals surface area contributed by atoms with E-state index in [0.717, 1.165) is 11.1 Å². The molecule has 0 amide bonds. The lowest BCUT2D eigenvalue weighted by Crippen LogP contribution is -2.38. The van der Waals surface area contributed by atoms with E-state index in [1.54, 1.807) is 0 Å². The van der Waals surface area contributed by atoms with E-state index in [1.807, 2.05) is 30.3 Å². The Hall–Kier alpha value is -2.13. The highest BCUT2D eigenvalue weighted by atomic mass is 16.4. The van der Waals surface area contributed by atoms with Crippen LogP contribution < -0.4 is 5.32 Å². The van der Waals surface area contributed by atoms with Crippen molar-refractivity contribution in [3.05, 3.63) is 70.8 Å². The van der Waals surface area contributed by atoms with Crippen LogP contribution in [0.15, 0.2) is 48.5 Å². The van der Waals surface area contributed by atoms with E-state index in [2.05, 4.69) is 37.4 Å². The van der Waals surface area contributed by atoms with Crippen molar-refractivity contribution in [3.63, 3.8) is 0 Å². The van der Waals surface area contributed by atoms with E-state index < -0.39 is 12.0 Å². The number of hydrogen-bond donors (Lipinski definition) is 2. The van der Waals surface area contributed by atoms with Gasteiger partial charge in [0.05, 0.1) is 0 Å². The number of aliphatic carboxylic acids is 1. The Morgan fingerprint density at radius 2 is 1.67 bits per heavy atom. The van der Waals surface area contributed by atoms with Crippen molar-refractivity contribution in [3.8, 4) is 0 Å². The van der Waals surface area contributed by atoms with Gasteiger partial charge in [-0.25, -0.2) is 0 Å². The second-order valence-corrected chi connectivity index (χ2v) is 5.46. The summed E-state index contributed by atoms with van der Waals surface area (Å²) in [4.78, 5) is 11.4. The SMILES string of the molecule is Cc1cc(C)cc(CN[C@@H](Cc2ccccc2)C(=O)O)c1. The Balaban J connectivity index is 2.02. The molecule has 21 heavy (non-hydrogen) atoms. The van der Waals surface area contributed by atoms with E-state index in [1.165, 1.54) is 11.1 Å². The molecule has 2 aromatic rings. The summed E-state index contributed by atoms with van der Waals surface area (Å²) in [6.45, 7) is 4.66. The highest BCUT2D eigenvalue weighted by Gasteiger charge is 2.17. The monoisotopic (exact) mass is 283 g/mol. The molecule has 0 aromatic heterocycles. The molecule has 0 radical (unpaired) electrons. The molecular weight excluding hydrogens is 262 g/mol. The van der Waals surface area contributed by atoms with E-state index >= 15 is 0 Å². The van der Waals surface area contributed by atoms with Gasteiger partial charge in [0.15, 0.2) is 0 Å². The van der Waals surface area contributed by atoms with Crippen molar-refractivity contribution in [2.75, 3.05) is 0 Å². The van der Waals surface area contributed by atoms with Crippen LogP contribution in [0.25, 0.3) is 0 Å². The molecule has 0 aliphatic carbocycles. The minimum absolute atomic E-state index is 0.487. The molecule has 2 N–H and O–H groups in total. The van der Waals surface area contributed by atoms with E-state index in [9.17, 15) is 9.90 Å². The first-order valence-corrected chi connectivity index (χ1v) is 7.12. The van der Waals surface area contributed by atoms with Crippen LogP contribution in [0, 0.1) is 13.8 Å². The number of rotatable bonds is 6. The fraction of sp³-hybridized carbons (Fsp3) is 0.278. The first kappa shape index (κ1) is 15.3. The van der Waals surface area contributed by atoms with Gasteiger partial charge in [-0.1, -0.05) is 59.7 Å². The van der Waals surface area contributed by atoms with Crippen LogP contribution in [-0.2, 0) is 17.8 Å². The summed E-state index contributed by atoms with van der Waals surface area (Å²) in [5.74, 6) is -0.816. The standard InChI is InChI=1S/C18H21NO2/c1-13-8-14(2)10-16(9-13)12-19-17(18(20)21)11-15-6-4-3-5-7-15/h3-10,17,19H,11-12H2,1-2H3,(H,20,21)/t17-/m0/s1. The van der Waals surface area contributed by atoms with Gasteiger partial charge in [0.25, 0.3) is 0 Å². The summed E-state index contributed by atoms with van der Waals surface area (Å²) in [6, 6.07) is 15.4. The van der Waals surface area contributed by atoms with Crippen molar-refractivity contribution >= 4 is 5.97 Å². The largest absolute Gasteiger partial charge is 0.480 e. The molecular formula is C18H21NO2. The molecule has 0 aliphatic rings. The van der Waals surface area contributed by atoms with E-state index in [-0.39, 0.29) is 0 Å². The van der Waals surface area contributed by atoms with Gasteiger partial charge in [-0.15, -0.1) is 0 Å². The van der Waals surface area contributed by atoms with Gasteiger partial charge in [0.1, 0.15) is 6.04 Å². The van der Waals surface area contributed by atoms with Crippen LogP contribution >= 0.6 is 0 Å². The number of hydrogen-bond acceptors (Lipinski definition) is 2. The number of carbonyl (C=O) groups is 1. The zero-order valence-corrected chi connectivity index (χ0v) is 12.5. The maximum Gasteiger partial charge on any atom is 0.321 e. The van der Waals surface area contributed by atoms with Gasteiger partial charge in [0.2, 0.25) is 0 Å². The normalized spacial score (nSPS) is 12.1. The lowest BCUT2D eigenvalue weighted by Gasteiger charge is -2.15. The van der Waals surface area contributed by atoms with Crippen LogP contribution in [0.1, 0.15) is 22.3 Å². The van der Waals surface area contributed by atoms with Gasteiger partial charge in [0, 0.05) is 6.54 Å². The van der Waals surface area contributed by atoms with Crippen LogP contribution in [0.2, 0.25) is 0 Å². The van der Waals surface area contributed by atoms with Crippen molar-refractivity contribution in [1.82, 2.24) is 5.32 Å². The molecule has 110 valence electrons. The van der Waals surface area contributed by atoms with Gasteiger partial charge < -0.3 is 10.4 Å². The number of aryl methyl sites for hydroxylation is 2. The molecule has 0 aliphatic heterocycles. The lowest BCUT2D eigenvalue weighted by molar-refractivity contribution is -0.139. The molecule has 3 nitrogen and oxygen atoms in total. The quantitative estimate of drug-likeness (QED) is 0.856. The van der Waals surface area contributed by atoms with E-state index in [0.29, 0.717) is 13.0 Å². The van der Waals surface area contributed by atoms with Gasteiger partial charge in [-0.2, -0.15) is 0 Å². The predicted molar refractivity (Wildman–Crippen MR) is 84.3 cm³/mol. The first-order valence-electron chi connectivity index (χ1n) is 7.12. The molecule has 0 saturated heterocycles. The molecule has 3 heteroatoms. The smallest absolute Gasteiger partial charge is 0.321 e. The molecule has 0 spiro atoms. The first-order chi connectivity index (χ1) is 10.0. The summed E-state index contributed by atoms with van der Waals surface area (Å²) in [5.41, 5.74) is 4.54. The summed E-state index contributed by atoms with van der Waals surface area (Å²) in [6.07, 6.45) is 0.487. The maximum atomic E-state index is 11.4. The number of carboxylic acid groups (broad SMARTS) is 1. The Labute approximate surface area is 125 Å². The minimum atomic E-state index is -0.816. The predicted octanol–water partition coefficient (Wildman–Crippen LogP) is 3.09. The highest BCUT2D eigenvalue weighted by molar-refractivity contribution is 5.73. The highest BCUT2D eigenvalue weighted by Crippen LogP contribution is 2.10. The van der Waals surface area contributed by atoms with Crippen LogP contribution in [0.4, 0.5) is 0 Å². The van der Waals surface area contributed by atoms with Crippen LogP contribution in [0.3, 0.4) is 0 Å². The average Bonchev–Trinajstić information content (AvgIpc) is 2.43. The molecule has 2 rings (SSSR count). The molecule has 2 aromatic carbocycles. The van der Waals surface area contributed by atoms with E-state index in [4.69, 9.17) is 0 Å². The average molecular weight is 283 g/mol. The van der Waals surface area contributed by atoms with Gasteiger partial charge >= 0.3 is 5.97 Å². The summed E-state index contributed by atoms with van der Waals surface area (Å²) >= 11 is 0. The Bertz CT molecular complexity index is 588. The topological polar surface area (TPSA) is 49.3 Å². The Morgan fingerprint density at radius 1 is 1.05 bits per heavy atom. The zero-order valence-electron chi connectivity index (χ0n) is 12.5. The minimum Gasteiger partial charge on any atom is -0.480 e. The molecule has 0 bridgehead atoms. The van der Waals surface area contributed by atoms with Gasteiger partial charge in [-0.05, 0) is 31.4 Å². The lowest BCUT2D eigenvalue weighted by atomic mass is 10.0. The summed E-state index contributed by atoms with van der Waals surface area (Å²) in [5, 5.41) is 12.5. The molecule has 0 heterocycles. The fourth-order valence-electron chi connectivity index (χ4n) is 2.51. The number of nitrogens with one attached hydrogen (secondary N) is 1. The molecule has 0 fully saturated rings. The van der Waals surface area contributed by atoms with Crippen molar-refractivity contribution in [1.29, 1.82) is 0 Å². The van der Waals surface area contributed by atoms with Crippen molar-refractivity contribution in [2.24, 2.45) is 0 Å². The van der Waals surface area contributed by atoms with Crippen LogP contribution in [-0.4, -0.2) is 17.1 Å². The summed E-state index contributed by atoms with van der Waals surface area (Å²) in [7, 11) is 0. The third-order valence-corrected chi connectivity index (χ3v) is 3.41. The van der Waals surface area contributed by atoms with Crippen molar-refractivity contribution in [2.45, 2.75) is 32.9 Å². The fourth-order valence-corrected chi connectivity index (χ4v) is 2.51. The van der Waals surface area contributed by atoms with Crippen molar-refractivity contribution < 1.29 is 9.90 Å². The number of carboxylic acids is 1. The Morgan fingerprint density at radius 3 is 2.24 bits per heavy atom. The third kappa shape index (κ3) is 4.72. The van der Waals surface area contributed by atoms with Crippen LogP contribution in [0.5, 0.6) is 0 Å². The molecule has 1 atom stereocenters. The summed E-state index contributed by atoms with van der Waals surface area (Å²) < 4.78 is 0. The molecule has 0 unspecified atom stereocenters. The molecule has 0 saturated carbocycles. The second-order valence-electron chi connectivity index (χ2n) is 5.46. The third-order valence-electron chi connectivity index (χ3n) is 3.41. The second kappa shape index (κ2) is 7.04.